The largest absolute Gasteiger partial charge is 0.603 e. The fraction of sp³-hybridized carbons (Fsp3) is 0. The third kappa shape index (κ3) is 8.57. The van der Waals surface area contributed by atoms with Gasteiger partial charge in [0.15, 0.2) is 0 Å². The second kappa shape index (κ2) is 4.63. The lowest BCUT2D eigenvalue weighted by Gasteiger charge is -1.95. The average molecular weight is 285 g/mol. The summed E-state index contributed by atoms with van der Waals surface area (Å²) in [6, 6.07) is 0. The Morgan fingerprint density at radius 2 is 2.09 bits per heavy atom. The highest BCUT2D eigenvalue weighted by molar-refractivity contribution is 9.37. The van der Waals surface area contributed by atoms with Crippen LogP contribution in [0.25, 0.3) is 0 Å². The molecule has 64 valence electrons. The minimum Gasteiger partial charge on any atom is -0.302 e. The Labute approximate surface area is 71.1 Å². The van der Waals surface area contributed by atoms with Crippen molar-refractivity contribution in [3.8, 4) is 0 Å². The number of hydrogen-bond donors (Lipinski definition) is 2. The van der Waals surface area contributed by atoms with Gasteiger partial charge in [-0.1, -0.05) is 0 Å². The van der Waals surface area contributed by atoms with Crippen LogP contribution in [0, 0.1) is 5.00 Å². The molecule has 0 saturated carbocycles. The first-order valence-corrected chi connectivity index (χ1v) is 7.72. The zero-order valence-electron chi connectivity index (χ0n) is 4.69. The Kier molecular flexibility index (Phi) is 4.91. The molecule has 2 unspecified atom stereocenters. The maximum Gasteiger partial charge on any atom is 0.603 e. The lowest BCUT2D eigenvalue weighted by Crippen LogP contribution is -1.75. The highest BCUT2D eigenvalue weighted by Crippen LogP contribution is 2.52. The van der Waals surface area contributed by atoms with Crippen molar-refractivity contribution in [2.24, 2.45) is 0 Å². The molecule has 0 aliphatic heterocycles. The summed E-state index contributed by atoms with van der Waals surface area (Å²) < 4.78 is 27.6. The molecular weight excluding hydrogens is 283 g/mol. The van der Waals surface area contributed by atoms with Gasteiger partial charge >= 0.3 is 38.1 Å². The van der Waals surface area contributed by atoms with E-state index in [1.54, 1.807) is 0 Å². The van der Waals surface area contributed by atoms with Crippen molar-refractivity contribution in [1.82, 2.24) is 0 Å². The first-order valence-electron chi connectivity index (χ1n) is 1.86. The van der Waals surface area contributed by atoms with E-state index in [1.165, 1.54) is 0 Å². The molecule has 0 saturated heterocycles. The van der Waals surface area contributed by atoms with Gasteiger partial charge in [0.2, 0.25) is 0 Å². The van der Waals surface area contributed by atoms with Gasteiger partial charge < -0.3 is 9.79 Å². The summed E-state index contributed by atoms with van der Waals surface area (Å²) in [6.07, 6.45) is 0. The SMILES string of the molecule is N#P(O[P+](=O)Br)OP(=O)(O)O. The number of rotatable bonds is 2. The monoisotopic (exact) mass is 284 g/mol. The molecule has 0 aliphatic rings. The second-order valence-electron chi connectivity index (χ2n) is 1.10. The van der Waals surface area contributed by atoms with E-state index in [0.717, 1.165) is 0 Å². The van der Waals surface area contributed by atoms with Crippen molar-refractivity contribution in [2.45, 2.75) is 0 Å². The Balaban J connectivity index is 3.94. The molecule has 0 spiro atoms. The molecule has 0 rings (SSSR count). The summed E-state index contributed by atoms with van der Waals surface area (Å²) in [6.45, 7) is -2.32. The van der Waals surface area contributed by atoms with Gasteiger partial charge in [-0.25, -0.2) is 4.57 Å². The lowest BCUT2D eigenvalue weighted by atomic mass is 14.0. The van der Waals surface area contributed by atoms with Gasteiger partial charge in [0.1, 0.15) is 0 Å². The molecule has 0 radical (unpaired) electrons. The molecule has 11 heteroatoms. The van der Waals surface area contributed by atoms with E-state index in [4.69, 9.17) is 14.8 Å². The molecule has 0 amide bonds. The van der Waals surface area contributed by atoms with Crippen LogP contribution >= 0.6 is 38.1 Å². The van der Waals surface area contributed by atoms with Crippen LogP contribution in [0.3, 0.4) is 0 Å². The minimum atomic E-state index is -4.77. The zero-order chi connectivity index (χ0) is 9.07. The topological polar surface area (TPSA) is 117 Å². The minimum absolute atomic E-state index is 2.32. The van der Waals surface area contributed by atoms with Crippen molar-refractivity contribution in [3.05, 3.63) is 0 Å². The number of halogens is 1. The third-order valence-electron chi connectivity index (χ3n) is 0.310. The van der Waals surface area contributed by atoms with Crippen LogP contribution in [-0.4, -0.2) is 9.79 Å². The number of phosphoric acid groups is 1. The zero-order valence-corrected chi connectivity index (χ0v) is 8.96. The molecule has 0 heterocycles. The summed E-state index contributed by atoms with van der Waals surface area (Å²) >= 11 is 2.39. The van der Waals surface area contributed by atoms with E-state index < -0.39 is 22.6 Å². The standard InChI is InChI=1S/BrHNO6P3/c1-9(3)7-10(2)8-11(4,5)6/h(H-,4,5,6)/p+1. The summed E-state index contributed by atoms with van der Waals surface area (Å²) in [5.41, 5.74) is 0. The van der Waals surface area contributed by atoms with Crippen LogP contribution in [0.5, 0.6) is 0 Å². The predicted molar refractivity (Wildman–Crippen MR) is 39.4 cm³/mol. The summed E-state index contributed by atoms with van der Waals surface area (Å²) in [4.78, 5) is 16.1. The summed E-state index contributed by atoms with van der Waals surface area (Å²) in [5.74, 6) is 0. The Bertz CT molecular complexity index is 257. The van der Waals surface area contributed by atoms with Gasteiger partial charge in [-0.05, 0) is 8.88 Å². The molecular formula is H2BrNO6P3+. The lowest BCUT2D eigenvalue weighted by molar-refractivity contribution is 0.287. The fourth-order valence-corrected chi connectivity index (χ4v) is 2.71. The van der Waals surface area contributed by atoms with E-state index in [9.17, 15) is 9.13 Å². The van der Waals surface area contributed by atoms with Gasteiger partial charge in [0.05, 0.1) is 0 Å². The molecule has 0 aliphatic carbocycles. The van der Waals surface area contributed by atoms with Crippen molar-refractivity contribution in [1.29, 1.82) is 5.00 Å². The average Bonchev–Trinajstić information content (AvgIpc) is 1.53. The van der Waals surface area contributed by atoms with Crippen molar-refractivity contribution in [3.63, 3.8) is 0 Å². The van der Waals surface area contributed by atoms with E-state index in [1.807, 2.05) is 0 Å². The van der Waals surface area contributed by atoms with Crippen molar-refractivity contribution in [2.75, 3.05) is 0 Å². The molecule has 0 bridgehead atoms. The van der Waals surface area contributed by atoms with Crippen LogP contribution < -0.4 is 0 Å². The maximum absolute atomic E-state index is 10.1. The van der Waals surface area contributed by atoms with E-state index in [2.05, 4.69) is 24.1 Å². The second-order valence-corrected chi connectivity index (χ2v) is 6.03. The van der Waals surface area contributed by atoms with Crippen LogP contribution in [0.4, 0.5) is 0 Å². The van der Waals surface area contributed by atoms with E-state index >= 15 is 0 Å². The molecule has 2 atom stereocenters. The molecule has 0 aromatic carbocycles. The molecule has 0 aromatic rings. The van der Waals surface area contributed by atoms with Gasteiger partial charge in [-0.3, -0.25) is 0 Å². The smallest absolute Gasteiger partial charge is 0.302 e. The summed E-state index contributed by atoms with van der Waals surface area (Å²) in [7, 11) is -7.58. The maximum atomic E-state index is 10.1. The van der Waals surface area contributed by atoms with Gasteiger partial charge in [0.25, 0.3) is 0 Å². The molecule has 7 nitrogen and oxygen atoms in total. The van der Waals surface area contributed by atoms with Crippen molar-refractivity contribution < 1.29 is 27.5 Å². The highest BCUT2D eigenvalue weighted by Gasteiger charge is 2.26. The van der Waals surface area contributed by atoms with Crippen LogP contribution in [0.1, 0.15) is 0 Å². The first kappa shape index (κ1) is 11.7. The Hall–Kier alpha value is 0.660. The molecule has 0 aromatic heterocycles. The van der Waals surface area contributed by atoms with Crippen LogP contribution in [0.2, 0.25) is 0 Å². The normalized spacial score (nSPS) is 14.4. The van der Waals surface area contributed by atoms with Crippen LogP contribution in [-0.2, 0) is 17.8 Å². The number of nitrogens with zero attached hydrogens (tertiary/aromatic N) is 1. The highest BCUT2D eigenvalue weighted by atomic mass is 79.9. The van der Waals surface area contributed by atoms with Crippen molar-refractivity contribution >= 4 is 38.1 Å². The van der Waals surface area contributed by atoms with E-state index in [-0.39, 0.29) is 0 Å². The van der Waals surface area contributed by atoms with Gasteiger partial charge in [0, 0.05) is 0 Å². The van der Waals surface area contributed by atoms with Gasteiger partial charge in [-0.15, -0.1) is 0 Å². The van der Waals surface area contributed by atoms with E-state index in [0.29, 0.717) is 0 Å². The van der Waals surface area contributed by atoms with Gasteiger partial charge in [-0.2, -0.15) is 9.31 Å². The summed E-state index contributed by atoms with van der Waals surface area (Å²) in [5, 5.41) is 8.47. The molecule has 11 heavy (non-hydrogen) atoms. The molecule has 0 fully saturated rings. The quantitative estimate of drug-likeness (QED) is 0.744. The third-order valence-corrected chi connectivity index (χ3v) is 3.96. The Morgan fingerprint density at radius 3 is 2.36 bits per heavy atom. The first-order chi connectivity index (χ1) is 4.81. The number of hydrogen-bond acceptors (Lipinski definition) is 5. The van der Waals surface area contributed by atoms with Crippen LogP contribution in [0.15, 0.2) is 0 Å². The predicted octanol–water partition coefficient (Wildman–Crippen LogP) is 1.96. The Morgan fingerprint density at radius 1 is 1.64 bits per heavy atom. The molecule has 2 N–H and O–H groups in total. The fourth-order valence-electron chi connectivity index (χ4n) is 0.161.